The van der Waals surface area contributed by atoms with Gasteiger partial charge in [-0.1, -0.05) is 12.8 Å². The lowest BCUT2D eigenvalue weighted by Gasteiger charge is -2.33. The zero-order valence-electron chi connectivity index (χ0n) is 10.1. The molecule has 1 amide bonds. The summed E-state index contributed by atoms with van der Waals surface area (Å²) in [6, 6.07) is 0.357. The number of morpholine rings is 1. The molecule has 16 heavy (non-hydrogen) atoms. The Balaban J connectivity index is 1.93. The lowest BCUT2D eigenvalue weighted by atomic mass is 10.1. The van der Waals surface area contributed by atoms with Crippen molar-refractivity contribution in [3.8, 4) is 0 Å². The molecular weight excluding hydrogens is 204 g/mol. The first-order valence-corrected chi connectivity index (χ1v) is 6.44. The van der Waals surface area contributed by atoms with Crippen LogP contribution in [0.4, 0.5) is 0 Å². The molecule has 1 atom stereocenters. The summed E-state index contributed by atoms with van der Waals surface area (Å²) in [6.07, 6.45) is 4.88. The number of nitrogens with one attached hydrogen (secondary N) is 1. The van der Waals surface area contributed by atoms with Crippen molar-refractivity contribution < 1.29 is 9.53 Å². The fourth-order valence-electron chi connectivity index (χ4n) is 2.73. The first-order chi connectivity index (χ1) is 7.83. The van der Waals surface area contributed by atoms with Gasteiger partial charge in [-0.05, 0) is 19.8 Å². The van der Waals surface area contributed by atoms with Gasteiger partial charge in [0.15, 0.2) is 0 Å². The third kappa shape index (κ3) is 2.55. The van der Waals surface area contributed by atoms with Crippen molar-refractivity contribution >= 4 is 5.91 Å². The minimum Gasteiger partial charge on any atom is -0.378 e. The van der Waals surface area contributed by atoms with Gasteiger partial charge in [0.05, 0.1) is 13.2 Å². The van der Waals surface area contributed by atoms with Gasteiger partial charge >= 0.3 is 0 Å². The van der Waals surface area contributed by atoms with Crippen LogP contribution in [0.15, 0.2) is 0 Å². The second-order valence-electron chi connectivity index (χ2n) is 4.64. The Morgan fingerprint density at radius 1 is 1.44 bits per heavy atom. The van der Waals surface area contributed by atoms with Crippen molar-refractivity contribution in [2.24, 2.45) is 0 Å². The van der Waals surface area contributed by atoms with E-state index in [1.807, 2.05) is 4.90 Å². The van der Waals surface area contributed by atoms with Gasteiger partial charge in [-0.15, -0.1) is 0 Å². The minimum atomic E-state index is -0.116. The molecule has 1 aliphatic carbocycles. The standard InChI is InChI=1S/C12H22N2O2/c1-2-14(10-5-3-4-6-10)12(15)11-9-16-8-7-13-11/h10-11,13H,2-9H2,1H3. The molecule has 1 saturated heterocycles. The summed E-state index contributed by atoms with van der Waals surface area (Å²) in [6.45, 7) is 4.93. The van der Waals surface area contributed by atoms with Crippen LogP contribution in [0.2, 0.25) is 0 Å². The van der Waals surface area contributed by atoms with Crippen LogP contribution in [0.1, 0.15) is 32.6 Å². The summed E-state index contributed by atoms with van der Waals surface area (Å²) >= 11 is 0. The molecule has 1 aliphatic heterocycles. The first kappa shape index (κ1) is 11.9. The molecular formula is C12H22N2O2. The van der Waals surface area contributed by atoms with Crippen molar-refractivity contribution in [1.82, 2.24) is 10.2 Å². The lowest BCUT2D eigenvalue weighted by Crippen LogP contribution is -2.54. The van der Waals surface area contributed by atoms with Crippen LogP contribution in [0.25, 0.3) is 0 Å². The number of hydrogen-bond donors (Lipinski definition) is 1. The van der Waals surface area contributed by atoms with Gasteiger partial charge in [-0.25, -0.2) is 0 Å². The second-order valence-corrected chi connectivity index (χ2v) is 4.64. The maximum Gasteiger partial charge on any atom is 0.242 e. The molecule has 4 heteroatoms. The topological polar surface area (TPSA) is 41.6 Å². The van der Waals surface area contributed by atoms with Crippen LogP contribution in [0.3, 0.4) is 0 Å². The second kappa shape index (κ2) is 5.64. The van der Waals surface area contributed by atoms with E-state index in [-0.39, 0.29) is 11.9 Å². The smallest absolute Gasteiger partial charge is 0.242 e. The third-order valence-electron chi connectivity index (χ3n) is 3.61. The highest BCUT2D eigenvalue weighted by atomic mass is 16.5. The molecule has 1 N–H and O–H groups in total. The summed E-state index contributed by atoms with van der Waals surface area (Å²) in [5.74, 6) is 0.231. The first-order valence-electron chi connectivity index (χ1n) is 6.44. The number of carbonyl (C=O) groups is 1. The van der Waals surface area contributed by atoms with Crippen molar-refractivity contribution in [2.75, 3.05) is 26.3 Å². The molecule has 2 rings (SSSR count). The Kier molecular flexibility index (Phi) is 4.18. The normalized spacial score (nSPS) is 26.9. The number of ether oxygens (including phenoxy) is 1. The predicted molar refractivity (Wildman–Crippen MR) is 62.3 cm³/mol. The number of carbonyl (C=O) groups excluding carboxylic acids is 1. The van der Waals surface area contributed by atoms with Gasteiger partial charge in [-0.2, -0.15) is 0 Å². The predicted octanol–water partition coefficient (Wildman–Crippen LogP) is 0.766. The maximum absolute atomic E-state index is 12.3. The largest absolute Gasteiger partial charge is 0.378 e. The summed E-state index contributed by atoms with van der Waals surface area (Å²) in [5.41, 5.74) is 0. The lowest BCUT2D eigenvalue weighted by molar-refractivity contribution is -0.138. The Bertz CT molecular complexity index is 233. The number of amides is 1. The molecule has 1 saturated carbocycles. The quantitative estimate of drug-likeness (QED) is 0.772. The van der Waals surface area contributed by atoms with Crippen molar-refractivity contribution in [3.05, 3.63) is 0 Å². The van der Waals surface area contributed by atoms with E-state index in [1.165, 1.54) is 25.7 Å². The molecule has 2 fully saturated rings. The average molecular weight is 226 g/mol. The molecule has 92 valence electrons. The van der Waals surface area contributed by atoms with E-state index >= 15 is 0 Å². The molecule has 0 bridgehead atoms. The Hall–Kier alpha value is -0.610. The van der Waals surface area contributed by atoms with E-state index in [1.54, 1.807) is 0 Å². The van der Waals surface area contributed by atoms with Crippen LogP contribution in [0.5, 0.6) is 0 Å². The summed E-state index contributed by atoms with van der Waals surface area (Å²) < 4.78 is 5.35. The molecule has 1 heterocycles. The highest BCUT2D eigenvalue weighted by Gasteiger charge is 2.31. The number of hydrogen-bond acceptors (Lipinski definition) is 3. The molecule has 2 aliphatic rings. The van der Waals surface area contributed by atoms with E-state index in [0.717, 1.165) is 19.7 Å². The van der Waals surface area contributed by atoms with Crippen LogP contribution in [-0.2, 0) is 9.53 Å². The van der Waals surface area contributed by atoms with Crippen molar-refractivity contribution in [2.45, 2.75) is 44.7 Å². The SMILES string of the molecule is CCN(C(=O)C1COCCN1)C1CCCC1. The number of nitrogens with zero attached hydrogens (tertiary/aromatic N) is 1. The number of rotatable bonds is 3. The van der Waals surface area contributed by atoms with E-state index in [2.05, 4.69) is 12.2 Å². The van der Waals surface area contributed by atoms with E-state index in [0.29, 0.717) is 12.6 Å². The Labute approximate surface area is 97.3 Å². The van der Waals surface area contributed by atoms with Crippen LogP contribution in [0, 0.1) is 0 Å². The molecule has 4 nitrogen and oxygen atoms in total. The monoisotopic (exact) mass is 226 g/mol. The van der Waals surface area contributed by atoms with Gasteiger partial charge in [-0.3, -0.25) is 4.79 Å². The fourth-order valence-corrected chi connectivity index (χ4v) is 2.73. The summed E-state index contributed by atoms with van der Waals surface area (Å²) in [5, 5.41) is 3.24. The van der Waals surface area contributed by atoms with E-state index < -0.39 is 0 Å². The molecule has 0 radical (unpaired) electrons. The fraction of sp³-hybridized carbons (Fsp3) is 0.917. The molecule has 1 unspecified atom stereocenters. The Morgan fingerprint density at radius 3 is 2.75 bits per heavy atom. The minimum absolute atomic E-state index is 0.116. The van der Waals surface area contributed by atoms with E-state index in [4.69, 9.17) is 4.74 Å². The van der Waals surface area contributed by atoms with E-state index in [9.17, 15) is 4.79 Å². The average Bonchev–Trinajstić information content (AvgIpc) is 2.85. The highest BCUT2D eigenvalue weighted by Crippen LogP contribution is 2.23. The zero-order chi connectivity index (χ0) is 11.4. The molecule has 0 aromatic rings. The van der Waals surface area contributed by atoms with Gasteiger partial charge < -0.3 is 15.0 Å². The molecule has 0 aromatic heterocycles. The summed E-state index contributed by atoms with van der Waals surface area (Å²) in [4.78, 5) is 14.3. The Morgan fingerprint density at radius 2 is 2.19 bits per heavy atom. The molecule has 0 aromatic carbocycles. The molecule has 0 spiro atoms. The van der Waals surface area contributed by atoms with Gasteiger partial charge in [0, 0.05) is 19.1 Å². The van der Waals surface area contributed by atoms with Crippen LogP contribution >= 0.6 is 0 Å². The zero-order valence-corrected chi connectivity index (χ0v) is 10.1. The van der Waals surface area contributed by atoms with Crippen molar-refractivity contribution in [3.63, 3.8) is 0 Å². The van der Waals surface area contributed by atoms with Gasteiger partial charge in [0.1, 0.15) is 6.04 Å². The maximum atomic E-state index is 12.3. The highest BCUT2D eigenvalue weighted by molar-refractivity contribution is 5.82. The number of likely N-dealkylation sites (N-methyl/N-ethyl adjacent to an activating group) is 1. The van der Waals surface area contributed by atoms with Crippen LogP contribution in [-0.4, -0.2) is 49.2 Å². The summed E-state index contributed by atoms with van der Waals surface area (Å²) in [7, 11) is 0. The third-order valence-corrected chi connectivity index (χ3v) is 3.61. The van der Waals surface area contributed by atoms with Crippen LogP contribution < -0.4 is 5.32 Å². The van der Waals surface area contributed by atoms with Gasteiger partial charge in [0.25, 0.3) is 0 Å². The van der Waals surface area contributed by atoms with Gasteiger partial charge in [0.2, 0.25) is 5.91 Å². The van der Waals surface area contributed by atoms with Crippen molar-refractivity contribution in [1.29, 1.82) is 0 Å².